The zero-order valence-corrected chi connectivity index (χ0v) is 9.52. The minimum atomic E-state index is -0.552. The molecule has 5 heteroatoms. The minimum Gasteiger partial charge on any atom is -0.342 e. The molecule has 1 fully saturated rings. The molecule has 90 valence electrons. The Labute approximate surface area is 98.6 Å². The average molecular weight is 236 g/mol. The fraction of sp³-hybridized carbons (Fsp3) is 0.333. The summed E-state index contributed by atoms with van der Waals surface area (Å²) in [4.78, 5) is 26.4. The molecule has 0 bridgehead atoms. The predicted molar refractivity (Wildman–Crippen MR) is 59.9 cm³/mol. The first-order valence-electron chi connectivity index (χ1n) is 5.37. The molecule has 0 radical (unpaired) electrons. The van der Waals surface area contributed by atoms with E-state index >= 15 is 0 Å². The van der Waals surface area contributed by atoms with Crippen molar-refractivity contribution in [3.63, 3.8) is 0 Å². The summed E-state index contributed by atoms with van der Waals surface area (Å²) in [5, 5.41) is 0. The van der Waals surface area contributed by atoms with Crippen LogP contribution in [0.2, 0.25) is 0 Å². The fourth-order valence-electron chi connectivity index (χ4n) is 1.74. The molecule has 0 saturated carbocycles. The number of hydrogen-bond acceptors (Lipinski definition) is 2. The van der Waals surface area contributed by atoms with Crippen molar-refractivity contribution in [1.82, 2.24) is 9.80 Å². The largest absolute Gasteiger partial charge is 0.342 e. The Morgan fingerprint density at radius 1 is 1.29 bits per heavy atom. The van der Waals surface area contributed by atoms with Crippen LogP contribution in [0.5, 0.6) is 0 Å². The van der Waals surface area contributed by atoms with Gasteiger partial charge in [0.05, 0.1) is 5.56 Å². The highest BCUT2D eigenvalue weighted by molar-refractivity contribution is 5.97. The van der Waals surface area contributed by atoms with Crippen LogP contribution in [-0.4, -0.2) is 48.3 Å². The minimum absolute atomic E-state index is 0.0175. The number of hydrogen-bond donors (Lipinski definition) is 0. The Morgan fingerprint density at radius 2 is 2.00 bits per heavy atom. The molecule has 0 N–H and O–H groups in total. The Balaban J connectivity index is 2.16. The number of nitrogens with zero attached hydrogens (tertiary/aromatic N) is 2. The van der Waals surface area contributed by atoms with E-state index in [0.717, 1.165) is 0 Å². The Hall–Kier alpha value is -1.91. The number of piperazine rings is 1. The SMILES string of the molecule is CN1CCN(C(=O)c2ccccc2F)CC1=O. The third kappa shape index (κ3) is 2.27. The molecule has 0 aromatic heterocycles. The van der Waals surface area contributed by atoms with Crippen molar-refractivity contribution in [3.05, 3.63) is 35.6 Å². The second-order valence-electron chi connectivity index (χ2n) is 4.02. The van der Waals surface area contributed by atoms with Gasteiger partial charge in [-0.1, -0.05) is 12.1 Å². The van der Waals surface area contributed by atoms with Crippen molar-refractivity contribution in [2.75, 3.05) is 26.7 Å². The second kappa shape index (κ2) is 4.53. The molecule has 1 aliphatic heterocycles. The molecule has 2 rings (SSSR count). The maximum Gasteiger partial charge on any atom is 0.257 e. The lowest BCUT2D eigenvalue weighted by atomic mass is 10.1. The molecule has 1 aromatic rings. The summed E-state index contributed by atoms with van der Waals surface area (Å²) in [6.45, 7) is 0.943. The summed E-state index contributed by atoms with van der Waals surface area (Å²) in [6.07, 6.45) is 0. The van der Waals surface area contributed by atoms with Crippen LogP contribution in [0.25, 0.3) is 0 Å². The molecule has 0 atom stereocenters. The lowest BCUT2D eigenvalue weighted by molar-refractivity contribution is -0.133. The number of rotatable bonds is 1. The summed E-state index contributed by atoms with van der Waals surface area (Å²) >= 11 is 0. The van der Waals surface area contributed by atoms with E-state index in [1.807, 2.05) is 0 Å². The van der Waals surface area contributed by atoms with Crippen LogP contribution < -0.4 is 0 Å². The van der Waals surface area contributed by atoms with Gasteiger partial charge in [0.1, 0.15) is 12.4 Å². The third-order valence-electron chi connectivity index (χ3n) is 2.85. The van der Waals surface area contributed by atoms with E-state index in [2.05, 4.69) is 0 Å². The van der Waals surface area contributed by atoms with E-state index in [0.29, 0.717) is 13.1 Å². The van der Waals surface area contributed by atoms with E-state index in [4.69, 9.17) is 0 Å². The van der Waals surface area contributed by atoms with E-state index in [-0.39, 0.29) is 18.0 Å². The molecule has 1 aromatic carbocycles. The second-order valence-corrected chi connectivity index (χ2v) is 4.02. The van der Waals surface area contributed by atoms with Crippen molar-refractivity contribution < 1.29 is 14.0 Å². The predicted octanol–water partition coefficient (Wildman–Crippen LogP) is 0.740. The summed E-state index contributed by atoms with van der Waals surface area (Å²) in [5.74, 6) is -1.10. The average Bonchev–Trinajstić information content (AvgIpc) is 2.32. The molecular weight excluding hydrogens is 223 g/mol. The van der Waals surface area contributed by atoms with Crippen LogP contribution in [0.3, 0.4) is 0 Å². The van der Waals surface area contributed by atoms with E-state index in [1.165, 1.54) is 23.1 Å². The van der Waals surface area contributed by atoms with Gasteiger partial charge in [-0.15, -0.1) is 0 Å². The van der Waals surface area contributed by atoms with Gasteiger partial charge in [-0.3, -0.25) is 9.59 Å². The maximum absolute atomic E-state index is 13.4. The summed E-state index contributed by atoms with van der Waals surface area (Å²) in [5.41, 5.74) is 0.0184. The number of carbonyl (C=O) groups excluding carboxylic acids is 2. The van der Waals surface area contributed by atoms with Crippen molar-refractivity contribution in [2.24, 2.45) is 0 Å². The Bertz CT molecular complexity index is 462. The van der Waals surface area contributed by atoms with Gasteiger partial charge in [0.15, 0.2) is 0 Å². The van der Waals surface area contributed by atoms with Crippen LogP contribution in [0.15, 0.2) is 24.3 Å². The van der Waals surface area contributed by atoms with Crippen LogP contribution >= 0.6 is 0 Å². The van der Waals surface area contributed by atoms with Crippen molar-refractivity contribution in [1.29, 1.82) is 0 Å². The zero-order valence-electron chi connectivity index (χ0n) is 9.52. The quantitative estimate of drug-likeness (QED) is 0.721. The van der Waals surface area contributed by atoms with Crippen LogP contribution in [0, 0.1) is 5.82 Å². The monoisotopic (exact) mass is 236 g/mol. The van der Waals surface area contributed by atoms with Crippen LogP contribution in [0.4, 0.5) is 4.39 Å². The number of amides is 2. The summed E-state index contributed by atoms with van der Waals surface area (Å²) < 4.78 is 13.4. The first-order valence-corrected chi connectivity index (χ1v) is 5.37. The van der Waals surface area contributed by atoms with Crippen molar-refractivity contribution >= 4 is 11.8 Å². The molecule has 0 aliphatic carbocycles. The van der Waals surface area contributed by atoms with Crippen LogP contribution in [0.1, 0.15) is 10.4 Å². The normalized spacial score (nSPS) is 16.2. The van der Waals surface area contributed by atoms with E-state index in [9.17, 15) is 14.0 Å². The lowest BCUT2D eigenvalue weighted by Gasteiger charge is -2.32. The molecule has 1 aliphatic rings. The van der Waals surface area contributed by atoms with Gasteiger partial charge in [-0.05, 0) is 12.1 Å². The highest BCUT2D eigenvalue weighted by Gasteiger charge is 2.26. The Kier molecular flexibility index (Phi) is 3.08. The molecule has 1 heterocycles. The number of halogens is 1. The first kappa shape index (κ1) is 11.6. The highest BCUT2D eigenvalue weighted by atomic mass is 19.1. The maximum atomic E-state index is 13.4. The van der Waals surface area contributed by atoms with Crippen molar-refractivity contribution in [2.45, 2.75) is 0 Å². The number of likely N-dealkylation sites (N-methyl/N-ethyl adjacent to an activating group) is 1. The molecule has 1 saturated heterocycles. The summed E-state index contributed by atoms with van der Waals surface area (Å²) in [7, 11) is 1.69. The van der Waals surface area contributed by atoms with Gasteiger partial charge in [-0.2, -0.15) is 0 Å². The fourth-order valence-corrected chi connectivity index (χ4v) is 1.74. The Morgan fingerprint density at radius 3 is 2.65 bits per heavy atom. The van der Waals surface area contributed by atoms with Crippen LogP contribution in [-0.2, 0) is 4.79 Å². The van der Waals surface area contributed by atoms with Gasteiger partial charge < -0.3 is 9.80 Å². The van der Waals surface area contributed by atoms with Gasteiger partial charge in [-0.25, -0.2) is 4.39 Å². The smallest absolute Gasteiger partial charge is 0.257 e. The standard InChI is InChI=1S/C12H13FN2O2/c1-14-6-7-15(8-11(14)16)12(17)9-4-2-3-5-10(9)13/h2-5H,6-8H2,1H3. The van der Waals surface area contributed by atoms with Gasteiger partial charge in [0, 0.05) is 20.1 Å². The molecule has 2 amide bonds. The third-order valence-corrected chi connectivity index (χ3v) is 2.85. The molecule has 0 unspecified atom stereocenters. The van der Waals surface area contributed by atoms with Gasteiger partial charge in [0.2, 0.25) is 5.91 Å². The van der Waals surface area contributed by atoms with E-state index in [1.54, 1.807) is 18.0 Å². The topological polar surface area (TPSA) is 40.6 Å². The number of carbonyl (C=O) groups is 2. The molecule has 17 heavy (non-hydrogen) atoms. The van der Waals surface area contributed by atoms with E-state index < -0.39 is 11.7 Å². The molecular formula is C12H13FN2O2. The van der Waals surface area contributed by atoms with Gasteiger partial charge in [0.25, 0.3) is 5.91 Å². The highest BCUT2D eigenvalue weighted by Crippen LogP contribution is 2.12. The molecule has 4 nitrogen and oxygen atoms in total. The first-order chi connectivity index (χ1) is 8.09. The van der Waals surface area contributed by atoms with Gasteiger partial charge >= 0.3 is 0 Å². The zero-order chi connectivity index (χ0) is 12.4. The lowest BCUT2D eigenvalue weighted by Crippen LogP contribution is -2.50. The molecule has 0 spiro atoms. The number of benzene rings is 1. The van der Waals surface area contributed by atoms with Crippen molar-refractivity contribution in [3.8, 4) is 0 Å². The summed E-state index contributed by atoms with van der Waals surface area (Å²) in [6, 6.07) is 5.81.